The van der Waals surface area contributed by atoms with E-state index in [-0.39, 0.29) is 17.0 Å². The van der Waals surface area contributed by atoms with Crippen LogP contribution in [0, 0.1) is 16.2 Å². The maximum atomic E-state index is 12.1. The van der Waals surface area contributed by atoms with Crippen LogP contribution in [0.25, 0.3) is 5.65 Å². The molecule has 1 atom stereocenters. The Hall–Kier alpha value is -3.42. The average molecular weight is 310 g/mol. The van der Waals surface area contributed by atoms with Gasteiger partial charge in [-0.25, -0.2) is 4.98 Å². The van der Waals surface area contributed by atoms with E-state index in [9.17, 15) is 14.9 Å². The predicted octanol–water partition coefficient (Wildman–Crippen LogP) is 1.87. The molecule has 4 rings (SSSR count). The lowest BCUT2D eigenvalue weighted by Crippen LogP contribution is -2.19. The van der Waals surface area contributed by atoms with E-state index < -0.39 is 11.2 Å². The first-order valence-electron chi connectivity index (χ1n) is 6.63. The third kappa shape index (κ3) is 2.16. The van der Waals surface area contributed by atoms with Crippen LogP contribution >= 0.6 is 0 Å². The van der Waals surface area contributed by atoms with Gasteiger partial charge in [-0.05, 0) is 18.2 Å². The van der Waals surface area contributed by atoms with E-state index in [1.54, 1.807) is 24.4 Å². The molecule has 113 valence electrons. The van der Waals surface area contributed by atoms with Gasteiger partial charge in [-0.2, -0.15) is 0 Å². The molecule has 0 N–H and O–H groups in total. The van der Waals surface area contributed by atoms with Crippen LogP contribution in [0.3, 0.4) is 0 Å². The summed E-state index contributed by atoms with van der Waals surface area (Å²) >= 11 is 0. The van der Waals surface area contributed by atoms with Crippen LogP contribution in [0.2, 0.25) is 0 Å². The Morgan fingerprint density at radius 1 is 1.26 bits per heavy atom. The highest BCUT2D eigenvalue weighted by Gasteiger charge is 2.29. The monoisotopic (exact) mass is 310 g/mol. The summed E-state index contributed by atoms with van der Waals surface area (Å²) in [5, 5.41) is 10.8. The van der Waals surface area contributed by atoms with E-state index in [0.29, 0.717) is 17.1 Å². The van der Waals surface area contributed by atoms with Gasteiger partial charge in [0.05, 0.1) is 17.1 Å². The predicted molar refractivity (Wildman–Crippen MR) is 77.4 cm³/mol. The maximum Gasteiger partial charge on any atom is 0.285 e. The summed E-state index contributed by atoms with van der Waals surface area (Å²) in [4.78, 5) is 26.6. The van der Waals surface area contributed by atoms with Crippen LogP contribution in [0.15, 0.2) is 47.4 Å². The zero-order valence-electron chi connectivity index (χ0n) is 11.5. The summed E-state index contributed by atoms with van der Waals surface area (Å²) < 4.78 is 12.5. The molecule has 3 heterocycles. The van der Waals surface area contributed by atoms with Crippen molar-refractivity contribution < 1.29 is 14.4 Å². The van der Waals surface area contributed by atoms with Crippen LogP contribution in [-0.2, 0) is 0 Å². The molecule has 1 aromatic carbocycles. The summed E-state index contributed by atoms with van der Waals surface area (Å²) in [6.07, 6.45) is 0.677. The number of nitro groups is 1. The first-order valence-corrected chi connectivity index (χ1v) is 6.63. The summed E-state index contributed by atoms with van der Waals surface area (Å²) in [7, 11) is 0. The van der Waals surface area contributed by atoms with E-state index in [4.69, 9.17) is 9.47 Å². The van der Waals surface area contributed by atoms with Crippen molar-refractivity contribution in [2.45, 2.75) is 6.29 Å². The van der Waals surface area contributed by atoms with E-state index in [1.807, 2.05) is 0 Å². The van der Waals surface area contributed by atoms with Gasteiger partial charge in [0.2, 0.25) is 0 Å². The topological polar surface area (TPSA) is 96.0 Å². The SMILES string of the molecule is O=c1cc(C2Oc3c[c]c([N+](=O)[O-])cc3O2)nc2ccccn12. The largest absolute Gasteiger partial charge is 0.445 e. The van der Waals surface area contributed by atoms with E-state index in [0.717, 1.165) is 0 Å². The molecule has 0 aliphatic carbocycles. The van der Waals surface area contributed by atoms with Crippen LogP contribution in [0.5, 0.6) is 11.5 Å². The summed E-state index contributed by atoms with van der Waals surface area (Å²) in [5.74, 6) is 0.533. The van der Waals surface area contributed by atoms with E-state index >= 15 is 0 Å². The van der Waals surface area contributed by atoms with Crippen LogP contribution in [-0.4, -0.2) is 14.3 Å². The molecule has 0 bridgehead atoms. The van der Waals surface area contributed by atoms with Gasteiger partial charge in [0.1, 0.15) is 11.3 Å². The summed E-state index contributed by atoms with van der Waals surface area (Å²) in [6, 6.07) is 11.5. The summed E-state index contributed by atoms with van der Waals surface area (Å²) in [5.41, 5.74) is 0.251. The number of rotatable bonds is 2. The van der Waals surface area contributed by atoms with Crippen molar-refractivity contribution in [3.63, 3.8) is 0 Å². The second-order valence-corrected chi connectivity index (χ2v) is 4.82. The normalized spacial score (nSPS) is 15.7. The Balaban J connectivity index is 1.73. The fourth-order valence-electron chi connectivity index (χ4n) is 2.31. The van der Waals surface area contributed by atoms with Crippen LogP contribution in [0.4, 0.5) is 5.69 Å². The van der Waals surface area contributed by atoms with Crippen molar-refractivity contribution in [2.24, 2.45) is 0 Å². The minimum atomic E-state index is -0.932. The standard InChI is InChI=1S/C15H8N3O5/c19-14-8-10(16-13-3-1-2-6-17(13)14)15-22-11-5-4-9(18(20)21)7-12(11)23-15/h1-3,5-8,15H. The molecule has 2 aromatic heterocycles. The molecule has 23 heavy (non-hydrogen) atoms. The number of nitrogens with zero attached hydrogens (tertiary/aromatic N) is 3. The third-order valence-corrected chi connectivity index (χ3v) is 3.36. The molecule has 0 amide bonds. The van der Waals surface area contributed by atoms with Gasteiger partial charge in [-0.1, -0.05) is 6.07 Å². The second-order valence-electron chi connectivity index (χ2n) is 4.82. The second kappa shape index (κ2) is 4.80. The molecule has 1 unspecified atom stereocenters. The third-order valence-electron chi connectivity index (χ3n) is 3.36. The highest BCUT2D eigenvalue weighted by molar-refractivity contribution is 5.50. The van der Waals surface area contributed by atoms with Gasteiger partial charge in [-0.15, -0.1) is 0 Å². The van der Waals surface area contributed by atoms with Crippen molar-refractivity contribution >= 4 is 11.3 Å². The minimum Gasteiger partial charge on any atom is -0.445 e. The van der Waals surface area contributed by atoms with E-state index in [1.165, 1.54) is 22.6 Å². The maximum absolute atomic E-state index is 12.1. The van der Waals surface area contributed by atoms with Crippen molar-refractivity contribution in [2.75, 3.05) is 0 Å². The van der Waals surface area contributed by atoms with Crippen molar-refractivity contribution in [1.82, 2.24) is 9.38 Å². The molecule has 3 aromatic rings. The fourth-order valence-corrected chi connectivity index (χ4v) is 2.31. The highest BCUT2D eigenvalue weighted by Crippen LogP contribution is 2.41. The minimum absolute atomic E-state index is 0.218. The van der Waals surface area contributed by atoms with Gasteiger partial charge in [0.25, 0.3) is 17.5 Å². The molecular weight excluding hydrogens is 302 g/mol. The fraction of sp³-hybridized carbons (Fsp3) is 0.0667. The molecule has 1 radical (unpaired) electrons. The number of ether oxygens (including phenoxy) is 2. The van der Waals surface area contributed by atoms with Gasteiger partial charge >= 0.3 is 0 Å². The average Bonchev–Trinajstić information content (AvgIpc) is 2.98. The van der Waals surface area contributed by atoms with Crippen molar-refractivity contribution in [3.05, 3.63) is 74.8 Å². The Kier molecular flexibility index (Phi) is 2.77. The number of pyridine rings is 1. The molecule has 8 nitrogen and oxygen atoms in total. The van der Waals surface area contributed by atoms with Crippen molar-refractivity contribution in [3.8, 4) is 11.5 Å². The van der Waals surface area contributed by atoms with Crippen LogP contribution in [0.1, 0.15) is 12.0 Å². The quantitative estimate of drug-likeness (QED) is 0.529. The number of aromatic nitrogens is 2. The van der Waals surface area contributed by atoms with E-state index in [2.05, 4.69) is 11.1 Å². The molecule has 0 fully saturated rings. The number of non-ortho nitro benzene ring substituents is 1. The first kappa shape index (κ1) is 13.3. The Bertz CT molecular complexity index is 998. The van der Waals surface area contributed by atoms with Crippen LogP contribution < -0.4 is 15.0 Å². The Morgan fingerprint density at radius 2 is 2.09 bits per heavy atom. The Morgan fingerprint density at radius 3 is 2.91 bits per heavy atom. The zero-order chi connectivity index (χ0) is 16.0. The number of fused-ring (bicyclic) bond motifs is 2. The first-order chi connectivity index (χ1) is 11.1. The molecule has 0 saturated heterocycles. The van der Waals surface area contributed by atoms with Gasteiger partial charge in [0, 0.05) is 12.3 Å². The molecule has 0 spiro atoms. The lowest BCUT2D eigenvalue weighted by atomic mass is 10.3. The molecular formula is C15H8N3O5. The Labute approximate surface area is 128 Å². The molecule has 0 saturated carbocycles. The smallest absolute Gasteiger partial charge is 0.285 e. The van der Waals surface area contributed by atoms with Gasteiger partial charge in [-0.3, -0.25) is 19.3 Å². The zero-order valence-corrected chi connectivity index (χ0v) is 11.5. The summed E-state index contributed by atoms with van der Waals surface area (Å²) in [6.45, 7) is 0. The molecule has 1 aliphatic rings. The van der Waals surface area contributed by atoms with Crippen molar-refractivity contribution in [1.29, 1.82) is 0 Å². The number of hydrogen-bond donors (Lipinski definition) is 0. The molecule has 8 heteroatoms. The van der Waals surface area contributed by atoms with Gasteiger partial charge in [0.15, 0.2) is 11.5 Å². The number of benzene rings is 1. The lowest BCUT2D eigenvalue weighted by Gasteiger charge is -2.10. The number of hydrogen-bond acceptors (Lipinski definition) is 6. The lowest BCUT2D eigenvalue weighted by molar-refractivity contribution is -0.385. The molecule has 1 aliphatic heterocycles. The van der Waals surface area contributed by atoms with Gasteiger partial charge < -0.3 is 9.47 Å². The number of nitro benzene ring substituents is 1. The highest BCUT2D eigenvalue weighted by atomic mass is 16.7.